The highest BCUT2D eigenvalue weighted by Gasteiger charge is 2.30. The van der Waals surface area contributed by atoms with Crippen LogP contribution in [0.15, 0.2) is 60.7 Å². The Kier molecular flexibility index (Phi) is 11.3. The van der Waals surface area contributed by atoms with Crippen molar-refractivity contribution in [3.63, 3.8) is 0 Å². The van der Waals surface area contributed by atoms with Gasteiger partial charge >= 0.3 is 11.9 Å². The van der Waals surface area contributed by atoms with E-state index in [1.807, 2.05) is 12.1 Å². The minimum absolute atomic E-state index is 0.437. The Hall–Kier alpha value is -2.62. The SMILES string of the molecule is CCCCCCCCCCCC(C(=O)Oc1ccccc1)C(=O)Oc1ccccc1. The summed E-state index contributed by atoms with van der Waals surface area (Å²) < 4.78 is 10.9. The second kappa shape index (κ2) is 14.4. The van der Waals surface area contributed by atoms with Gasteiger partial charge in [0.25, 0.3) is 0 Å². The van der Waals surface area contributed by atoms with Gasteiger partial charge in [-0.25, -0.2) is 0 Å². The number of esters is 2. The molecule has 0 amide bonds. The summed E-state index contributed by atoms with van der Waals surface area (Å²) >= 11 is 0. The lowest BCUT2D eigenvalue weighted by Crippen LogP contribution is -2.31. The van der Waals surface area contributed by atoms with Crippen LogP contribution in [0.4, 0.5) is 0 Å². The van der Waals surface area contributed by atoms with E-state index in [0.29, 0.717) is 17.9 Å². The number of benzene rings is 2. The van der Waals surface area contributed by atoms with E-state index in [1.54, 1.807) is 48.5 Å². The van der Waals surface area contributed by atoms with Gasteiger partial charge in [-0.1, -0.05) is 101 Å². The van der Waals surface area contributed by atoms with Gasteiger partial charge < -0.3 is 9.47 Å². The highest BCUT2D eigenvalue weighted by Crippen LogP contribution is 2.20. The van der Waals surface area contributed by atoms with Crippen LogP contribution in [0.25, 0.3) is 0 Å². The average Bonchev–Trinajstić information content (AvgIpc) is 2.76. The van der Waals surface area contributed by atoms with E-state index in [4.69, 9.17) is 9.47 Å². The van der Waals surface area contributed by atoms with Gasteiger partial charge in [-0.3, -0.25) is 9.59 Å². The van der Waals surface area contributed by atoms with Gasteiger partial charge in [0.1, 0.15) is 11.5 Å². The third kappa shape index (κ3) is 9.25. The molecule has 0 saturated heterocycles. The van der Waals surface area contributed by atoms with E-state index in [9.17, 15) is 9.59 Å². The first-order valence-electron chi connectivity index (χ1n) is 11.2. The molecule has 0 bridgehead atoms. The molecule has 4 heteroatoms. The highest BCUT2D eigenvalue weighted by atomic mass is 16.6. The van der Waals surface area contributed by atoms with Gasteiger partial charge in [0, 0.05) is 0 Å². The third-order valence-corrected chi connectivity index (χ3v) is 5.09. The number of hydrogen-bond donors (Lipinski definition) is 0. The molecular formula is C26H34O4. The van der Waals surface area contributed by atoms with Gasteiger partial charge in [-0.15, -0.1) is 0 Å². The Bertz CT molecular complexity index is 674. The first-order chi connectivity index (χ1) is 14.7. The smallest absolute Gasteiger partial charge is 0.325 e. The first kappa shape index (κ1) is 23.7. The van der Waals surface area contributed by atoms with Crippen LogP contribution in [0.5, 0.6) is 11.5 Å². The van der Waals surface area contributed by atoms with Gasteiger partial charge in [-0.05, 0) is 30.7 Å². The molecule has 0 aromatic heterocycles. The van der Waals surface area contributed by atoms with Crippen LogP contribution in [0.2, 0.25) is 0 Å². The molecule has 0 aliphatic rings. The predicted octanol–water partition coefficient (Wildman–Crippen LogP) is 6.73. The van der Waals surface area contributed by atoms with Crippen LogP contribution in [0.3, 0.4) is 0 Å². The minimum atomic E-state index is -0.921. The maximum Gasteiger partial charge on any atom is 0.325 e. The van der Waals surface area contributed by atoms with Crippen molar-refractivity contribution < 1.29 is 19.1 Å². The molecule has 2 aromatic carbocycles. The monoisotopic (exact) mass is 410 g/mol. The molecular weight excluding hydrogens is 376 g/mol. The quantitative estimate of drug-likeness (QED) is 0.150. The molecule has 0 aliphatic carbocycles. The van der Waals surface area contributed by atoms with E-state index < -0.39 is 17.9 Å². The zero-order valence-electron chi connectivity index (χ0n) is 18.1. The van der Waals surface area contributed by atoms with E-state index in [1.165, 1.54) is 38.5 Å². The summed E-state index contributed by atoms with van der Waals surface area (Å²) in [5, 5.41) is 0. The molecule has 30 heavy (non-hydrogen) atoms. The number of para-hydroxylation sites is 2. The summed E-state index contributed by atoms with van der Waals surface area (Å²) in [6.45, 7) is 2.22. The summed E-state index contributed by atoms with van der Waals surface area (Å²) in [5.74, 6) is -1.16. The fourth-order valence-electron chi connectivity index (χ4n) is 3.34. The lowest BCUT2D eigenvalue weighted by Gasteiger charge is -2.15. The molecule has 0 fully saturated rings. The predicted molar refractivity (Wildman–Crippen MR) is 119 cm³/mol. The number of unbranched alkanes of at least 4 members (excludes halogenated alkanes) is 8. The van der Waals surface area contributed by atoms with Crippen molar-refractivity contribution >= 4 is 11.9 Å². The summed E-state index contributed by atoms with van der Waals surface area (Å²) in [7, 11) is 0. The number of carbonyl (C=O) groups is 2. The third-order valence-electron chi connectivity index (χ3n) is 5.09. The van der Waals surface area contributed by atoms with E-state index in [-0.39, 0.29) is 0 Å². The molecule has 0 unspecified atom stereocenters. The van der Waals surface area contributed by atoms with Crippen LogP contribution in [0, 0.1) is 5.92 Å². The summed E-state index contributed by atoms with van der Waals surface area (Å²) in [4.78, 5) is 25.4. The molecule has 4 nitrogen and oxygen atoms in total. The fraction of sp³-hybridized carbons (Fsp3) is 0.462. The molecule has 0 heterocycles. The molecule has 0 atom stereocenters. The van der Waals surface area contributed by atoms with E-state index in [0.717, 1.165) is 19.3 Å². The Balaban J connectivity index is 1.84. The zero-order valence-corrected chi connectivity index (χ0v) is 18.1. The van der Waals surface area contributed by atoms with Crippen molar-refractivity contribution in [3.8, 4) is 11.5 Å². The van der Waals surface area contributed by atoms with Crippen LogP contribution in [0.1, 0.15) is 71.1 Å². The van der Waals surface area contributed by atoms with Crippen molar-refractivity contribution in [1.82, 2.24) is 0 Å². The van der Waals surface area contributed by atoms with Crippen LogP contribution in [-0.4, -0.2) is 11.9 Å². The van der Waals surface area contributed by atoms with Crippen LogP contribution < -0.4 is 9.47 Å². The minimum Gasteiger partial charge on any atom is -0.426 e. The van der Waals surface area contributed by atoms with Crippen LogP contribution in [-0.2, 0) is 9.59 Å². The summed E-state index contributed by atoms with van der Waals surface area (Å²) in [5.41, 5.74) is 0. The molecule has 0 saturated carbocycles. The molecule has 0 radical (unpaired) electrons. The summed E-state index contributed by atoms with van der Waals surface area (Å²) in [6, 6.07) is 17.7. The van der Waals surface area contributed by atoms with Crippen LogP contribution >= 0.6 is 0 Å². The Morgan fingerprint density at radius 2 is 1.03 bits per heavy atom. The molecule has 2 aromatic rings. The highest BCUT2D eigenvalue weighted by molar-refractivity contribution is 5.96. The summed E-state index contributed by atoms with van der Waals surface area (Å²) in [6.07, 6.45) is 11.0. The first-order valence-corrected chi connectivity index (χ1v) is 11.2. The Morgan fingerprint density at radius 1 is 0.633 bits per heavy atom. The van der Waals surface area contributed by atoms with Gasteiger partial charge in [0.15, 0.2) is 5.92 Å². The van der Waals surface area contributed by atoms with Crippen molar-refractivity contribution in [2.24, 2.45) is 5.92 Å². The number of hydrogen-bond acceptors (Lipinski definition) is 4. The van der Waals surface area contributed by atoms with E-state index in [2.05, 4.69) is 6.92 Å². The normalized spacial score (nSPS) is 10.7. The number of ether oxygens (including phenoxy) is 2. The Labute approximate surface area is 180 Å². The number of rotatable bonds is 14. The Morgan fingerprint density at radius 3 is 1.47 bits per heavy atom. The maximum atomic E-state index is 12.7. The zero-order chi connectivity index (χ0) is 21.4. The number of carbonyl (C=O) groups excluding carboxylic acids is 2. The topological polar surface area (TPSA) is 52.6 Å². The second-order valence-electron chi connectivity index (χ2n) is 7.64. The molecule has 0 aliphatic heterocycles. The lowest BCUT2D eigenvalue weighted by molar-refractivity contribution is -0.151. The van der Waals surface area contributed by atoms with Crippen molar-refractivity contribution in [2.45, 2.75) is 71.1 Å². The van der Waals surface area contributed by atoms with Crippen molar-refractivity contribution in [2.75, 3.05) is 0 Å². The second-order valence-corrected chi connectivity index (χ2v) is 7.64. The fourth-order valence-corrected chi connectivity index (χ4v) is 3.34. The van der Waals surface area contributed by atoms with Gasteiger partial charge in [0.05, 0.1) is 0 Å². The standard InChI is InChI=1S/C26H34O4/c1-2-3-4-5-6-7-8-9-16-21-24(25(27)29-22-17-12-10-13-18-22)26(28)30-23-19-14-11-15-20-23/h10-15,17-20,24H,2-9,16,21H2,1H3. The maximum absolute atomic E-state index is 12.7. The van der Waals surface area contributed by atoms with Gasteiger partial charge in [-0.2, -0.15) is 0 Å². The molecule has 162 valence electrons. The van der Waals surface area contributed by atoms with Gasteiger partial charge in [0.2, 0.25) is 0 Å². The molecule has 0 N–H and O–H groups in total. The average molecular weight is 411 g/mol. The van der Waals surface area contributed by atoms with Crippen molar-refractivity contribution in [3.05, 3.63) is 60.7 Å². The largest absolute Gasteiger partial charge is 0.426 e. The van der Waals surface area contributed by atoms with E-state index >= 15 is 0 Å². The molecule has 0 spiro atoms. The van der Waals surface area contributed by atoms with Crippen molar-refractivity contribution in [1.29, 1.82) is 0 Å². The molecule has 2 rings (SSSR count). The lowest BCUT2D eigenvalue weighted by atomic mass is 10.00.